The highest BCUT2D eigenvalue weighted by Crippen LogP contribution is 2.41. The van der Waals surface area contributed by atoms with Crippen molar-refractivity contribution in [3.8, 4) is 5.13 Å². The van der Waals surface area contributed by atoms with Crippen LogP contribution < -0.4 is 4.31 Å². The van der Waals surface area contributed by atoms with E-state index >= 15 is 0 Å². The van der Waals surface area contributed by atoms with Crippen LogP contribution in [0.2, 0.25) is 0 Å². The number of sulfonamides is 1. The maximum atomic E-state index is 13.0. The zero-order valence-corrected chi connectivity index (χ0v) is 19.4. The number of benzene rings is 2. The maximum absolute atomic E-state index is 13.0. The van der Waals surface area contributed by atoms with Crippen molar-refractivity contribution in [2.45, 2.75) is 18.7 Å². The lowest BCUT2D eigenvalue weighted by molar-refractivity contribution is -0.140. The van der Waals surface area contributed by atoms with Crippen molar-refractivity contribution in [3.05, 3.63) is 71.0 Å². The number of carbonyl (C=O) groups is 2. The molecule has 5 rings (SSSR count). The SMILES string of the molecule is Cc1cc(C(=O)COC(=O)CN2c3cccc4cccc(c34)S2(=O)=O)c(C)n1-c1nccs1. The molecule has 0 N–H and O–H groups in total. The summed E-state index contributed by atoms with van der Waals surface area (Å²) in [5.41, 5.74) is 2.40. The molecule has 0 aliphatic carbocycles. The Bertz CT molecular complexity index is 1520. The quantitative estimate of drug-likeness (QED) is 0.308. The Hall–Kier alpha value is -3.50. The van der Waals surface area contributed by atoms with E-state index in [4.69, 9.17) is 4.74 Å². The molecule has 0 fully saturated rings. The molecule has 0 saturated heterocycles. The summed E-state index contributed by atoms with van der Waals surface area (Å²) in [7, 11) is -3.88. The van der Waals surface area contributed by atoms with Crippen molar-refractivity contribution < 1.29 is 22.7 Å². The summed E-state index contributed by atoms with van der Waals surface area (Å²) in [5, 5.41) is 3.95. The fourth-order valence-corrected chi connectivity index (χ4v) is 6.59. The van der Waals surface area contributed by atoms with Gasteiger partial charge >= 0.3 is 5.97 Å². The van der Waals surface area contributed by atoms with Crippen LogP contribution in [0.5, 0.6) is 0 Å². The molecule has 0 atom stereocenters. The smallest absolute Gasteiger partial charge is 0.327 e. The number of hydrogen-bond donors (Lipinski definition) is 0. The molecule has 168 valence electrons. The average Bonchev–Trinajstić information content (AvgIpc) is 3.46. The number of ketones is 1. The number of aryl methyl sites for hydroxylation is 1. The first kappa shape index (κ1) is 21.4. The van der Waals surface area contributed by atoms with Gasteiger partial charge in [-0.2, -0.15) is 0 Å². The number of Topliss-reactive ketones (excluding diaryl/α,β-unsaturated/α-hetero) is 1. The van der Waals surface area contributed by atoms with Crippen molar-refractivity contribution >= 4 is 49.6 Å². The molecule has 8 nitrogen and oxygen atoms in total. The van der Waals surface area contributed by atoms with Gasteiger partial charge in [0.2, 0.25) is 5.78 Å². The third-order valence-electron chi connectivity index (χ3n) is 5.66. The highest BCUT2D eigenvalue weighted by molar-refractivity contribution is 7.93. The predicted octanol–water partition coefficient (Wildman–Crippen LogP) is 3.64. The van der Waals surface area contributed by atoms with Crippen LogP contribution >= 0.6 is 11.3 Å². The van der Waals surface area contributed by atoms with E-state index in [0.29, 0.717) is 22.3 Å². The van der Waals surface area contributed by atoms with Gasteiger partial charge in [0.25, 0.3) is 10.0 Å². The third-order valence-corrected chi connectivity index (χ3v) is 8.22. The fraction of sp³-hybridized carbons (Fsp3) is 0.174. The first-order valence-corrected chi connectivity index (χ1v) is 12.4. The van der Waals surface area contributed by atoms with E-state index in [-0.39, 0.29) is 10.7 Å². The summed E-state index contributed by atoms with van der Waals surface area (Å²) < 4.78 is 34.1. The van der Waals surface area contributed by atoms with Gasteiger partial charge in [0.15, 0.2) is 11.7 Å². The minimum absolute atomic E-state index is 0.161. The average molecular weight is 482 g/mol. The number of anilines is 1. The summed E-state index contributed by atoms with van der Waals surface area (Å²) in [6.45, 7) is 2.68. The third kappa shape index (κ3) is 3.42. The fourth-order valence-electron chi connectivity index (χ4n) is 4.18. The number of rotatable bonds is 6. The number of thiazole rings is 1. The molecular weight excluding hydrogens is 462 g/mol. The molecule has 2 aromatic carbocycles. The van der Waals surface area contributed by atoms with E-state index in [2.05, 4.69) is 4.98 Å². The highest BCUT2D eigenvalue weighted by atomic mass is 32.2. The maximum Gasteiger partial charge on any atom is 0.327 e. The van der Waals surface area contributed by atoms with Gasteiger partial charge in [-0.1, -0.05) is 24.3 Å². The highest BCUT2D eigenvalue weighted by Gasteiger charge is 2.37. The molecule has 0 amide bonds. The van der Waals surface area contributed by atoms with E-state index in [1.54, 1.807) is 37.4 Å². The Morgan fingerprint density at radius 3 is 2.61 bits per heavy atom. The van der Waals surface area contributed by atoms with E-state index in [0.717, 1.165) is 20.5 Å². The number of nitrogens with zero attached hydrogens (tertiary/aromatic N) is 3. The molecule has 2 aromatic heterocycles. The summed E-state index contributed by atoms with van der Waals surface area (Å²) in [6, 6.07) is 12.0. The second kappa shape index (κ2) is 7.82. The predicted molar refractivity (Wildman–Crippen MR) is 125 cm³/mol. The lowest BCUT2D eigenvalue weighted by Crippen LogP contribution is -2.34. The van der Waals surface area contributed by atoms with Crippen LogP contribution in [0.3, 0.4) is 0 Å². The van der Waals surface area contributed by atoms with Crippen molar-refractivity contribution in [2.24, 2.45) is 0 Å². The van der Waals surface area contributed by atoms with Gasteiger partial charge in [0, 0.05) is 33.9 Å². The Balaban J connectivity index is 1.32. The van der Waals surface area contributed by atoms with Crippen molar-refractivity contribution in [1.82, 2.24) is 9.55 Å². The van der Waals surface area contributed by atoms with Crippen LogP contribution in [0.25, 0.3) is 15.9 Å². The van der Waals surface area contributed by atoms with Crippen molar-refractivity contribution in [3.63, 3.8) is 0 Å². The standard InChI is InChI=1S/C23H19N3O5S2/c1-14-11-17(15(2)26(14)23-24-9-10-32-23)19(27)13-31-21(28)12-25-18-7-3-5-16-6-4-8-20(22(16)18)33(25,29)30/h3-11H,12-13H2,1-2H3. The van der Waals surface area contributed by atoms with Gasteiger partial charge in [-0.05, 0) is 37.4 Å². The molecule has 0 spiro atoms. The van der Waals surface area contributed by atoms with E-state index in [1.807, 2.05) is 29.0 Å². The lowest BCUT2D eigenvalue weighted by atomic mass is 10.1. The Morgan fingerprint density at radius 1 is 1.12 bits per heavy atom. The summed E-state index contributed by atoms with van der Waals surface area (Å²) in [6.07, 6.45) is 1.69. The number of aromatic nitrogens is 2. The molecule has 0 bridgehead atoms. The van der Waals surface area contributed by atoms with Gasteiger partial charge in [0.05, 0.1) is 10.6 Å². The lowest BCUT2D eigenvalue weighted by Gasteiger charge is -2.17. The summed E-state index contributed by atoms with van der Waals surface area (Å²) >= 11 is 1.45. The molecule has 4 aromatic rings. The topological polar surface area (TPSA) is 98.6 Å². The Labute approximate surface area is 194 Å². The molecule has 33 heavy (non-hydrogen) atoms. The second-order valence-corrected chi connectivity index (χ2v) is 10.4. The molecule has 0 unspecified atom stereocenters. The monoisotopic (exact) mass is 481 g/mol. The molecule has 0 radical (unpaired) electrons. The first-order valence-electron chi connectivity index (χ1n) is 10.1. The molecular formula is C23H19N3O5S2. The van der Waals surface area contributed by atoms with Crippen LogP contribution in [0.4, 0.5) is 5.69 Å². The van der Waals surface area contributed by atoms with Gasteiger partial charge in [-0.3, -0.25) is 18.5 Å². The number of ether oxygens (including phenoxy) is 1. The van der Waals surface area contributed by atoms with Gasteiger partial charge in [0.1, 0.15) is 6.54 Å². The van der Waals surface area contributed by atoms with Crippen molar-refractivity contribution in [2.75, 3.05) is 17.5 Å². The number of hydrogen-bond acceptors (Lipinski definition) is 7. The Kier molecular flexibility index (Phi) is 5.06. The minimum Gasteiger partial charge on any atom is -0.456 e. The minimum atomic E-state index is -3.88. The molecule has 3 heterocycles. The van der Waals surface area contributed by atoms with Crippen LogP contribution in [-0.2, 0) is 19.6 Å². The van der Waals surface area contributed by atoms with E-state index < -0.39 is 29.1 Å². The zero-order valence-electron chi connectivity index (χ0n) is 17.8. The van der Waals surface area contributed by atoms with Crippen LogP contribution in [0.15, 0.2) is 58.9 Å². The summed E-state index contributed by atoms with van der Waals surface area (Å²) in [4.78, 5) is 29.7. The van der Waals surface area contributed by atoms with E-state index in [1.165, 1.54) is 17.4 Å². The zero-order chi connectivity index (χ0) is 23.3. The summed E-state index contributed by atoms with van der Waals surface area (Å²) in [5.74, 6) is -1.17. The number of carbonyl (C=O) groups excluding carboxylic acids is 2. The second-order valence-electron chi connectivity index (χ2n) is 7.66. The molecule has 1 aliphatic rings. The number of esters is 1. The van der Waals surface area contributed by atoms with Gasteiger partial charge in [-0.25, -0.2) is 13.4 Å². The van der Waals surface area contributed by atoms with Crippen LogP contribution in [-0.4, -0.2) is 42.9 Å². The van der Waals surface area contributed by atoms with E-state index in [9.17, 15) is 18.0 Å². The van der Waals surface area contributed by atoms with Crippen molar-refractivity contribution in [1.29, 1.82) is 0 Å². The molecule has 10 heteroatoms. The molecule has 1 aliphatic heterocycles. The normalized spacial score (nSPS) is 14.1. The largest absolute Gasteiger partial charge is 0.456 e. The van der Waals surface area contributed by atoms with Crippen LogP contribution in [0, 0.1) is 13.8 Å². The van der Waals surface area contributed by atoms with Crippen LogP contribution in [0.1, 0.15) is 21.7 Å². The Morgan fingerprint density at radius 2 is 1.88 bits per heavy atom. The van der Waals surface area contributed by atoms with Gasteiger partial charge in [-0.15, -0.1) is 11.3 Å². The molecule has 0 saturated carbocycles. The van der Waals surface area contributed by atoms with Gasteiger partial charge < -0.3 is 4.74 Å². The first-order chi connectivity index (χ1) is 15.8.